The van der Waals surface area contributed by atoms with Gasteiger partial charge in [0, 0.05) is 0 Å². The molecule has 1 aromatic heterocycles. The third kappa shape index (κ3) is 1.85. The summed E-state index contributed by atoms with van der Waals surface area (Å²) in [5.41, 5.74) is 0. The smallest absolute Gasteiger partial charge is 0.191 e. The van der Waals surface area contributed by atoms with Crippen molar-refractivity contribution < 1.29 is 0 Å². The van der Waals surface area contributed by atoms with Gasteiger partial charge in [-0.25, -0.2) is 0 Å². The second-order valence-corrected chi connectivity index (χ2v) is 3.39. The van der Waals surface area contributed by atoms with E-state index in [0.29, 0.717) is 6.04 Å². The summed E-state index contributed by atoms with van der Waals surface area (Å²) >= 11 is 0. The predicted octanol–water partition coefficient (Wildman–Crippen LogP) is 0.508. The topological polar surface area (TPSA) is 55.6 Å². The normalized spacial score (nSPS) is 22.4. The molecule has 0 bridgehead atoms. The molecule has 1 N–H and O–H groups in total. The van der Waals surface area contributed by atoms with Crippen LogP contribution >= 0.6 is 0 Å². The first kappa shape index (κ1) is 8.62. The van der Waals surface area contributed by atoms with Crippen molar-refractivity contribution in [3.63, 3.8) is 0 Å². The van der Waals surface area contributed by atoms with Gasteiger partial charge in [0.25, 0.3) is 0 Å². The molecule has 0 aromatic carbocycles. The zero-order valence-corrected chi connectivity index (χ0v) is 7.90. The molecular weight excluding hydrogens is 166 g/mol. The second kappa shape index (κ2) is 3.83. The molecule has 0 amide bonds. The lowest BCUT2D eigenvalue weighted by molar-refractivity contribution is 0.507. The van der Waals surface area contributed by atoms with E-state index in [9.17, 15) is 0 Å². The number of rotatable bonds is 3. The third-order valence-electron chi connectivity index (χ3n) is 2.26. The zero-order valence-electron chi connectivity index (χ0n) is 7.90. The van der Waals surface area contributed by atoms with Crippen LogP contribution in [0.1, 0.15) is 38.1 Å². The Morgan fingerprint density at radius 3 is 3.23 bits per heavy atom. The predicted molar refractivity (Wildman–Crippen MR) is 48.1 cm³/mol. The Balaban J connectivity index is 2.03. The summed E-state index contributed by atoms with van der Waals surface area (Å²) < 4.78 is 0. The summed E-state index contributed by atoms with van der Waals surface area (Å²) in [7, 11) is 0. The molecule has 1 atom stereocenters. The number of nitrogens with zero attached hydrogens (tertiary/aromatic N) is 4. The van der Waals surface area contributed by atoms with Gasteiger partial charge < -0.3 is 5.32 Å². The molecule has 2 heterocycles. The first-order chi connectivity index (χ1) is 6.40. The number of nitrogens with one attached hydrogen (secondary N) is 1. The van der Waals surface area contributed by atoms with Crippen molar-refractivity contribution in [2.75, 3.05) is 6.54 Å². The number of hydrogen-bond acceptors (Lipinski definition) is 4. The quantitative estimate of drug-likeness (QED) is 0.738. The van der Waals surface area contributed by atoms with E-state index in [1.807, 2.05) is 0 Å². The molecule has 1 aliphatic heterocycles. The van der Waals surface area contributed by atoms with Crippen molar-refractivity contribution in [1.82, 2.24) is 25.5 Å². The maximum atomic E-state index is 4.31. The number of aryl methyl sites for hydroxylation is 1. The van der Waals surface area contributed by atoms with Crippen molar-refractivity contribution in [3.05, 3.63) is 5.82 Å². The monoisotopic (exact) mass is 181 g/mol. The summed E-state index contributed by atoms with van der Waals surface area (Å²) in [6.07, 6.45) is 3.40. The van der Waals surface area contributed by atoms with E-state index in [2.05, 4.69) is 27.7 Å². The first-order valence-corrected chi connectivity index (χ1v) is 4.91. The molecule has 0 unspecified atom stereocenters. The van der Waals surface area contributed by atoms with Gasteiger partial charge in [0.1, 0.15) is 0 Å². The standard InChI is InChI=1S/C8H15N5/c1-2-6-13-11-8(10-12-13)7-4-3-5-9-7/h7,9H,2-6H2,1H3/t7-/m0/s1. The van der Waals surface area contributed by atoms with Gasteiger partial charge in [-0.05, 0) is 31.0 Å². The summed E-state index contributed by atoms with van der Waals surface area (Å²) in [4.78, 5) is 1.68. The first-order valence-electron chi connectivity index (χ1n) is 4.91. The fourth-order valence-electron chi connectivity index (χ4n) is 1.59. The Labute approximate surface area is 77.5 Å². The minimum atomic E-state index is 0.339. The van der Waals surface area contributed by atoms with Gasteiger partial charge in [0.2, 0.25) is 0 Å². The van der Waals surface area contributed by atoms with Crippen molar-refractivity contribution in [1.29, 1.82) is 0 Å². The Kier molecular flexibility index (Phi) is 2.54. The number of hydrogen-bond donors (Lipinski definition) is 1. The number of aromatic nitrogens is 4. The molecule has 1 fully saturated rings. The van der Waals surface area contributed by atoms with E-state index in [-0.39, 0.29) is 0 Å². The molecule has 0 spiro atoms. The van der Waals surface area contributed by atoms with Gasteiger partial charge in [0.15, 0.2) is 5.82 Å². The minimum absolute atomic E-state index is 0.339. The fourth-order valence-corrected chi connectivity index (χ4v) is 1.59. The van der Waals surface area contributed by atoms with Crippen LogP contribution in [0.25, 0.3) is 0 Å². The summed E-state index contributed by atoms with van der Waals surface area (Å²) in [6, 6.07) is 0.339. The maximum absolute atomic E-state index is 4.31. The lowest BCUT2D eigenvalue weighted by atomic mass is 10.2. The van der Waals surface area contributed by atoms with E-state index >= 15 is 0 Å². The van der Waals surface area contributed by atoms with Crippen LogP contribution in [-0.4, -0.2) is 26.8 Å². The highest BCUT2D eigenvalue weighted by molar-refractivity contribution is 4.92. The molecule has 5 heteroatoms. The van der Waals surface area contributed by atoms with E-state index in [1.54, 1.807) is 4.80 Å². The molecule has 0 radical (unpaired) electrons. The fraction of sp³-hybridized carbons (Fsp3) is 0.875. The van der Waals surface area contributed by atoms with E-state index in [0.717, 1.165) is 31.8 Å². The van der Waals surface area contributed by atoms with E-state index in [1.165, 1.54) is 6.42 Å². The SMILES string of the molecule is CCCn1nnc([C@@H]2CCCN2)n1. The van der Waals surface area contributed by atoms with E-state index < -0.39 is 0 Å². The maximum Gasteiger partial charge on any atom is 0.191 e. The molecule has 2 rings (SSSR count). The molecule has 1 saturated heterocycles. The Hall–Kier alpha value is -0.970. The van der Waals surface area contributed by atoms with Crippen LogP contribution in [-0.2, 0) is 6.54 Å². The lowest BCUT2D eigenvalue weighted by Crippen LogP contribution is -2.14. The van der Waals surface area contributed by atoms with Crippen molar-refractivity contribution >= 4 is 0 Å². The molecule has 13 heavy (non-hydrogen) atoms. The molecule has 1 aliphatic rings. The van der Waals surface area contributed by atoms with Crippen LogP contribution in [0.3, 0.4) is 0 Å². The molecule has 1 aromatic rings. The second-order valence-electron chi connectivity index (χ2n) is 3.39. The van der Waals surface area contributed by atoms with Crippen molar-refractivity contribution in [2.24, 2.45) is 0 Å². The summed E-state index contributed by atoms with van der Waals surface area (Å²) in [5.74, 6) is 0.853. The van der Waals surface area contributed by atoms with Gasteiger partial charge in [0.05, 0.1) is 12.6 Å². The largest absolute Gasteiger partial charge is 0.307 e. The van der Waals surface area contributed by atoms with Gasteiger partial charge in [-0.2, -0.15) is 4.80 Å². The highest BCUT2D eigenvalue weighted by Gasteiger charge is 2.20. The molecule has 72 valence electrons. The third-order valence-corrected chi connectivity index (χ3v) is 2.26. The van der Waals surface area contributed by atoms with Crippen LogP contribution < -0.4 is 5.32 Å². The van der Waals surface area contributed by atoms with Crippen LogP contribution in [0, 0.1) is 0 Å². The summed E-state index contributed by atoms with van der Waals surface area (Å²) in [5, 5.41) is 15.7. The van der Waals surface area contributed by atoms with Crippen molar-refractivity contribution in [2.45, 2.75) is 38.8 Å². The molecule has 5 nitrogen and oxygen atoms in total. The van der Waals surface area contributed by atoms with Gasteiger partial charge in [-0.3, -0.25) is 0 Å². The average Bonchev–Trinajstić information content (AvgIpc) is 2.70. The average molecular weight is 181 g/mol. The van der Waals surface area contributed by atoms with Crippen molar-refractivity contribution in [3.8, 4) is 0 Å². The number of tetrazole rings is 1. The zero-order chi connectivity index (χ0) is 9.10. The minimum Gasteiger partial charge on any atom is -0.307 e. The molecule has 0 saturated carbocycles. The van der Waals surface area contributed by atoms with Gasteiger partial charge in [-0.15, -0.1) is 10.2 Å². The highest BCUT2D eigenvalue weighted by Crippen LogP contribution is 2.18. The van der Waals surface area contributed by atoms with Gasteiger partial charge in [-0.1, -0.05) is 6.92 Å². The van der Waals surface area contributed by atoms with Crippen LogP contribution in [0.4, 0.5) is 0 Å². The van der Waals surface area contributed by atoms with Crippen LogP contribution in [0.2, 0.25) is 0 Å². The Morgan fingerprint density at radius 1 is 1.62 bits per heavy atom. The highest BCUT2D eigenvalue weighted by atomic mass is 15.6. The van der Waals surface area contributed by atoms with Crippen LogP contribution in [0.5, 0.6) is 0 Å². The van der Waals surface area contributed by atoms with Crippen LogP contribution in [0.15, 0.2) is 0 Å². The lowest BCUT2D eigenvalue weighted by Gasteiger charge is -2.01. The van der Waals surface area contributed by atoms with E-state index in [4.69, 9.17) is 0 Å². The Bertz CT molecular complexity index is 263. The summed E-state index contributed by atoms with van der Waals surface area (Å²) in [6.45, 7) is 4.05. The molecular formula is C8H15N5. The molecule has 0 aliphatic carbocycles. The van der Waals surface area contributed by atoms with Gasteiger partial charge >= 0.3 is 0 Å². The Morgan fingerprint density at radius 2 is 2.54 bits per heavy atom.